The minimum atomic E-state index is -5.00. The van der Waals surface area contributed by atoms with Crippen molar-refractivity contribution in [2.24, 2.45) is 0 Å². The lowest BCUT2D eigenvalue weighted by atomic mass is 10.1. The predicted molar refractivity (Wildman–Crippen MR) is 85.4 cm³/mol. The molecule has 3 rings (SSSR count). The minimum absolute atomic E-state index is 0.0459. The molecule has 2 N–H and O–H groups in total. The second kappa shape index (κ2) is 6.27. The fourth-order valence-electron chi connectivity index (χ4n) is 2.62. The fourth-order valence-corrected chi connectivity index (χ4v) is 3.90. The Kier molecular flexibility index (Phi) is 4.31. The molecule has 126 valence electrons. The summed E-state index contributed by atoms with van der Waals surface area (Å²) in [5.74, 6) is -2.59. The molecular weight excluding hydrogens is 341 g/mol. The molecule has 1 heterocycles. The van der Waals surface area contributed by atoms with Crippen molar-refractivity contribution in [3.05, 3.63) is 46.3 Å². The van der Waals surface area contributed by atoms with Crippen LogP contribution >= 0.6 is 11.3 Å². The molecule has 0 saturated heterocycles. The maximum Gasteiger partial charge on any atom is 0.471 e. The molecule has 1 aromatic heterocycles. The van der Waals surface area contributed by atoms with Gasteiger partial charge in [0.05, 0.1) is 5.56 Å². The third-order valence-electron chi connectivity index (χ3n) is 3.66. The number of carbonyl (C=O) groups excluding carboxylic acids is 2. The van der Waals surface area contributed by atoms with Gasteiger partial charge in [0.15, 0.2) is 0 Å². The Balaban J connectivity index is 1.91. The lowest BCUT2D eigenvalue weighted by Crippen LogP contribution is -2.30. The van der Waals surface area contributed by atoms with Crippen LogP contribution in [0.15, 0.2) is 30.3 Å². The first-order valence-corrected chi connectivity index (χ1v) is 8.07. The summed E-state index contributed by atoms with van der Waals surface area (Å²) in [6, 6.07) is 8.61. The van der Waals surface area contributed by atoms with Gasteiger partial charge in [0.2, 0.25) is 0 Å². The standard InChI is InChI=1S/C16H13F3N2O2S/c17-16(18,19)15(23)21-14-12(10-7-4-8-11(10)24-14)13(22)20-9-5-2-1-3-6-9/h1-3,5-6H,4,7-8H2,(H,20,22)(H,21,23). The van der Waals surface area contributed by atoms with Crippen molar-refractivity contribution in [3.8, 4) is 0 Å². The van der Waals surface area contributed by atoms with Crippen molar-refractivity contribution in [2.45, 2.75) is 25.4 Å². The molecule has 24 heavy (non-hydrogen) atoms. The van der Waals surface area contributed by atoms with E-state index in [-0.39, 0.29) is 10.6 Å². The molecule has 0 unspecified atom stereocenters. The molecule has 1 aliphatic rings. The van der Waals surface area contributed by atoms with Crippen LogP contribution in [0.4, 0.5) is 23.9 Å². The van der Waals surface area contributed by atoms with Crippen molar-refractivity contribution < 1.29 is 22.8 Å². The van der Waals surface area contributed by atoms with Crippen LogP contribution in [0, 0.1) is 0 Å². The third-order valence-corrected chi connectivity index (χ3v) is 4.87. The highest BCUT2D eigenvalue weighted by molar-refractivity contribution is 7.17. The molecule has 1 aromatic carbocycles. The van der Waals surface area contributed by atoms with Crippen molar-refractivity contribution >= 4 is 33.8 Å². The van der Waals surface area contributed by atoms with Crippen LogP contribution in [0.25, 0.3) is 0 Å². The number of alkyl halides is 3. The van der Waals surface area contributed by atoms with Crippen LogP contribution in [-0.2, 0) is 17.6 Å². The number of hydrogen-bond acceptors (Lipinski definition) is 3. The molecule has 0 aliphatic heterocycles. The van der Waals surface area contributed by atoms with E-state index in [1.165, 1.54) is 0 Å². The van der Waals surface area contributed by atoms with Gasteiger partial charge >= 0.3 is 12.1 Å². The Labute approximate surface area is 139 Å². The van der Waals surface area contributed by atoms with Gasteiger partial charge in [0.1, 0.15) is 5.00 Å². The topological polar surface area (TPSA) is 58.2 Å². The third kappa shape index (κ3) is 3.28. The Morgan fingerprint density at radius 2 is 1.75 bits per heavy atom. The number of aryl methyl sites for hydroxylation is 1. The number of carbonyl (C=O) groups is 2. The lowest BCUT2D eigenvalue weighted by Gasteiger charge is -2.10. The molecule has 1 aliphatic carbocycles. The number of para-hydroxylation sites is 1. The zero-order valence-corrected chi connectivity index (χ0v) is 13.2. The van der Waals surface area contributed by atoms with Gasteiger partial charge in [-0.25, -0.2) is 0 Å². The number of nitrogens with one attached hydrogen (secondary N) is 2. The van der Waals surface area contributed by atoms with Crippen molar-refractivity contribution in [3.63, 3.8) is 0 Å². The van der Waals surface area contributed by atoms with Gasteiger partial charge < -0.3 is 10.6 Å². The molecule has 2 amide bonds. The molecule has 0 atom stereocenters. The van der Waals surface area contributed by atoms with E-state index in [9.17, 15) is 22.8 Å². The zero-order chi connectivity index (χ0) is 17.3. The number of benzene rings is 1. The van der Waals surface area contributed by atoms with E-state index in [0.717, 1.165) is 28.2 Å². The Hall–Kier alpha value is -2.35. The summed E-state index contributed by atoms with van der Waals surface area (Å²) < 4.78 is 37.5. The Bertz CT molecular complexity index is 785. The molecular formula is C16H13F3N2O2S. The molecule has 4 nitrogen and oxygen atoms in total. The number of rotatable bonds is 3. The minimum Gasteiger partial charge on any atom is -0.322 e. The average molecular weight is 354 g/mol. The number of anilines is 2. The van der Waals surface area contributed by atoms with Gasteiger partial charge in [-0.05, 0) is 37.0 Å². The summed E-state index contributed by atoms with van der Waals surface area (Å²) >= 11 is 1.04. The van der Waals surface area contributed by atoms with Gasteiger partial charge in [-0.3, -0.25) is 9.59 Å². The number of halogens is 3. The zero-order valence-electron chi connectivity index (χ0n) is 12.4. The van der Waals surface area contributed by atoms with Gasteiger partial charge in [0.25, 0.3) is 5.91 Å². The van der Waals surface area contributed by atoms with Crippen molar-refractivity contribution in [1.29, 1.82) is 0 Å². The van der Waals surface area contributed by atoms with Gasteiger partial charge in [-0.15, -0.1) is 11.3 Å². The summed E-state index contributed by atoms with van der Waals surface area (Å²) in [4.78, 5) is 24.6. The number of amides is 2. The summed E-state index contributed by atoms with van der Waals surface area (Å²) in [5.41, 5.74) is 1.40. The van der Waals surface area contributed by atoms with E-state index in [1.54, 1.807) is 30.3 Å². The normalized spacial score (nSPS) is 13.5. The van der Waals surface area contributed by atoms with E-state index in [1.807, 2.05) is 5.32 Å². The summed E-state index contributed by atoms with van der Waals surface area (Å²) in [7, 11) is 0. The Morgan fingerprint density at radius 3 is 2.42 bits per heavy atom. The van der Waals surface area contributed by atoms with Crippen LogP contribution in [0.3, 0.4) is 0 Å². The summed E-state index contributed by atoms with van der Waals surface area (Å²) in [6.45, 7) is 0. The Morgan fingerprint density at radius 1 is 1.04 bits per heavy atom. The number of hydrogen-bond donors (Lipinski definition) is 2. The maximum atomic E-state index is 12.5. The molecule has 0 spiro atoms. The van der Waals surface area contributed by atoms with Gasteiger partial charge in [0, 0.05) is 10.6 Å². The SMILES string of the molecule is O=C(Nc1ccccc1)c1c(NC(=O)C(F)(F)F)sc2c1CCC2. The van der Waals surface area contributed by atoms with Crippen molar-refractivity contribution in [1.82, 2.24) is 0 Å². The highest BCUT2D eigenvalue weighted by Gasteiger charge is 2.40. The molecule has 0 radical (unpaired) electrons. The molecule has 0 bridgehead atoms. The first-order chi connectivity index (χ1) is 11.4. The van der Waals surface area contributed by atoms with Gasteiger partial charge in [-0.1, -0.05) is 18.2 Å². The number of fused-ring (bicyclic) bond motifs is 1. The molecule has 0 saturated carbocycles. The fraction of sp³-hybridized carbons (Fsp3) is 0.250. The molecule has 2 aromatic rings. The van der Waals surface area contributed by atoms with Crippen LogP contribution in [0.2, 0.25) is 0 Å². The quantitative estimate of drug-likeness (QED) is 0.876. The average Bonchev–Trinajstić information content (AvgIpc) is 3.07. The van der Waals surface area contributed by atoms with Crippen LogP contribution in [0.1, 0.15) is 27.2 Å². The number of thiophene rings is 1. The first-order valence-electron chi connectivity index (χ1n) is 7.25. The van der Waals surface area contributed by atoms with Gasteiger partial charge in [-0.2, -0.15) is 13.2 Å². The highest BCUT2D eigenvalue weighted by Crippen LogP contribution is 2.40. The molecule has 8 heteroatoms. The van der Waals surface area contributed by atoms with Crippen LogP contribution in [0.5, 0.6) is 0 Å². The second-order valence-electron chi connectivity index (χ2n) is 5.33. The summed E-state index contributed by atoms with van der Waals surface area (Å²) in [5, 5.41) is 4.46. The van der Waals surface area contributed by atoms with Crippen LogP contribution in [-0.4, -0.2) is 18.0 Å². The monoisotopic (exact) mass is 354 g/mol. The van der Waals surface area contributed by atoms with E-state index in [0.29, 0.717) is 18.5 Å². The van der Waals surface area contributed by atoms with Crippen molar-refractivity contribution in [2.75, 3.05) is 10.6 Å². The smallest absolute Gasteiger partial charge is 0.322 e. The maximum absolute atomic E-state index is 12.5. The van der Waals surface area contributed by atoms with E-state index < -0.39 is 18.0 Å². The second-order valence-corrected chi connectivity index (χ2v) is 6.44. The summed E-state index contributed by atoms with van der Waals surface area (Å²) in [6.07, 6.45) is -2.83. The van der Waals surface area contributed by atoms with E-state index in [2.05, 4.69) is 5.32 Å². The highest BCUT2D eigenvalue weighted by atomic mass is 32.1. The molecule has 0 fully saturated rings. The van der Waals surface area contributed by atoms with E-state index >= 15 is 0 Å². The van der Waals surface area contributed by atoms with Crippen LogP contribution < -0.4 is 10.6 Å². The van der Waals surface area contributed by atoms with E-state index in [4.69, 9.17) is 0 Å². The first kappa shape index (κ1) is 16.5. The lowest BCUT2D eigenvalue weighted by molar-refractivity contribution is -0.167. The predicted octanol–water partition coefficient (Wildman–Crippen LogP) is 3.99. The largest absolute Gasteiger partial charge is 0.471 e.